The Morgan fingerprint density at radius 3 is 2.32 bits per heavy atom. The molecular formula is C24H34N4O3. The highest BCUT2D eigenvalue weighted by Gasteiger charge is 2.29. The lowest BCUT2D eigenvalue weighted by atomic mass is 10.1. The quantitative estimate of drug-likeness (QED) is 0.500. The van der Waals surface area contributed by atoms with Crippen LogP contribution in [0.3, 0.4) is 0 Å². The van der Waals surface area contributed by atoms with Crippen molar-refractivity contribution in [3.63, 3.8) is 0 Å². The van der Waals surface area contributed by atoms with E-state index in [4.69, 9.17) is 14.2 Å². The standard InChI is InChI=1S/C24H34N4O3/c1-17-11-19(16-28(17)15-18-9-7-6-8-10-18)27-24(25-2)26-14-21-22(30-4)12-20(29-3)13-23(21)31-5/h6-10,12-13,17,19H,11,14-16H2,1-5H3,(H2,25,26,27). The van der Waals surface area contributed by atoms with Crippen LogP contribution in [-0.2, 0) is 13.1 Å². The third-order valence-electron chi connectivity index (χ3n) is 5.75. The molecule has 0 radical (unpaired) electrons. The normalized spacial score (nSPS) is 19.2. The Labute approximate surface area is 185 Å². The predicted octanol–water partition coefficient (Wildman–Crippen LogP) is 3.04. The molecule has 1 aliphatic rings. The zero-order chi connectivity index (χ0) is 22.2. The van der Waals surface area contributed by atoms with E-state index in [1.54, 1.807) is 28.4 Å². The Kier molecular flexibility index (Phi) is 8.00. The third kappa shape index (κ3) is 5.82. The van der Waals surface area contributed by atoms with E-state index in [1.807, 2.05) is 12.1 Å². The van der Waals surface area contributed by atoms with Gasteiger partial charge in [0, 0.05) is 44.4 Å². The molecule has 7 heteroatoms. The molecule has 1 aliphatic heterocycles. The molecule has 7 nitrogen and oxygen atoms in total. The summed E-state index contributed by atoms with van der Waals surface area (Å²) in [6, 6.07) is 15.2. The Hall–Kier alpha value is -2.93. The SMILES string of the molecule is CN=C(NCc1c(OC)cc(OC)cc1OC)NC1CC(C)N(Cc2ccccc2)C1. The van der Waals surface area contributed by atoms with Crippen LogP contribution in [0.5, 0.6) is 17.2 Å². The van der Waals surface area contributed by atoms with Crippen molar-refractivity contribution >= 4 is 5.96 Å². The number of ether oxygens (including phenoxy) is 3. The molecule has 0 aromatic heterocycles. The number of likely N-dealkylation sites (tertiary alicyclic amines) is 1. The van der Waals surface area contributed by atoms with Gasteiger partial charge in [0.25, 0.3) is 0 Å². The summed E-state index contributed by atoms with van der Waals surface area (Å²) < 4.78 is 16.4. The van der Waals surface area contributed by atoms with Gasteiger partial charge in [-0.1, -0.05) is 30.3 Å². The van der Waals surface area contributed by atoms with Gasteiger partial charge < -0.3 is 24.8 Å². The van der Waals surface area contributed by atoms with E-state index in [9.17, 15) is 0 Å². The topological polar surface area (TPSA) is 67.4 Å². The van der Waals surface area contributed by atoms with Crippen molar-refractivity contribution < 1.29 is 14.2 Å². The van der Waals surface area contributed by atoms with Crippen molar-refractivity contribution in [1.29, 1.82) is 0 Å². The summed E-state index contributed by atoms with van der Waals surface area (Å²) in [5.74, 6) is 2.88. The van der Waals surface area contributed by atoms with E-state index in [-0.39, 0.29) is 0 Å². The van der Waals surface area contributed by atoms with Gasteiger partial charge in [0.2, 0.25) is 0 Å². The molecule has 1 heterocycles. The fourth-order valence-electron chi connectivity index (χ4n) is 4.05. The van der Waals surface area contributed by atoms with Gasteiger partial charge in [-0.15, -0.1) is 0 Å². The Balaban J connectivity index is 1.60. The highest BCUT2D eigenvalue weighted by Crippen LogP contribution is 2.33. The first-order valence-electron chi connectivity index (χ1n) is 10.6. The number of rotatable bonds is 8. The molecule has 0 bridgehead atoms. The summed E-state index contributed by atoms with van der Waals surface area (Å²) in [7, 11) is 6.71. The number of benzene rings is 2. The monoisotopic (exact) mass is 426 g/mol. The molecule has 0 spiro atoms. The van der Waals surface area contributed by atoms with Gasteiger partial charge in [0.05, 0.1) is 33.4 Å². The zero-order valence-electron chi connectivity index (χ0n) is 19.1. The smallest absolute Gasteiger partial charge is 0.191 e. The molecule has 3 rings (SSSR count). The van der Waals surface area contributed by atoms with Crippen molar-refractivity contribution in [3.05, 3.63) is 53.6 Å². The molecule has 0 aliphatic carbocycles. The molecule has 2 aromatic rings. The van der Waals surface area contributed by atoms with Crippen LogP contribution in [0.2, 0.25) is 0 Å². The van der Waals surface area contributed by atoms with Crippen molar-refractivity contribution in [3.8, 4) is 17.2 Å². The Bertz CT molecular complexity index is 847. The number of guanidine groups is 1. The highest BCUT2D eigenvalue weighted by molar-refractivity contribution is 5.80. The molecule has 0 saturated carbocycles. The van der Waals surface area contributed by atoms with Gasteiger partial charge in [-0.25, -0.2) is 0 Å². The maximum Gasteiger partial charge on any atom is 0.191 e. The van der Waals surface area contributed by atoms with Crippen LogP contribution in [0.4, 0.5) is 0 Å². The minimum atomic E-state index is 0.338. The van der Waals surface area contributed by atoms with E-state index < -0.39 is 0 Å². The Morgan fingerprint density at radius 1 is 1.06 bits per heavy atom. The molecule has 2 atom stereocenters. The number of aliphatic imine (C=N–C) groups is 1. The minimum Gasteiger partial charge on any atom is -0.496 e. The first-order valence-corrected chi connectivity index (χ1v) is 10.6. The number of nitrogens with zero attached hydrogens (tertiary/aromatic N) is 2. The van der Waals surface area contributed by atoms with Crippen molar-refractivity contribution in [2.45, 2.75) is 38.5 Å². The molecule has 2 N–H and O–H groups in total. The van der Waals surface area contributed by atoms with Crippen LogP contribution in [0.25, 0.3) is 0 Å². The molecule has 1 saturated heterocycles. The lowest BCUT2D eigenvalue weighted by Crippen LogP contribution is -2.44. The largest absolute Gasteiger partial charge is 0.496 e. The maximum absolute atomic E-state index is 5.55. The lowest BCUT2D eigenvalue weighted by Gasteiger charge is -2.21. The summed E-state index contributed by atoms with van der Waals surface area (Å²) in [6.45, 7) is 4.75. The maximum atomic E-state index is 5.55. The first kappa shape index (κ1) is 22.7. The number of methoxy groups -OCH3 is 3. The lowest BCUT2D eigenvalue weighted by molar-refractivity contribution is 0.258. The van der Waals surface area contributed by atoms with Crippen LogP contribution in [0.1, 0.15) is 24.5 Å². The second kappa shape index (κ2) is 10.9. The molecule has 168 valence electrons. The molecule has 31 heavy (non-hydrogen) atoms. The Morgan fingerprint density at radius 2 is 1.74 bits per heavy atom. The summed E-state index contributed by atoms with van der Waals surface area (Å²) in [6.07, 6.45) is 1.07. The predicted molar refractivity (Wildman–Crippen MR) is 124 cm³/mol. The summed E-state index contributed by atoms with van der Waals surface area (Å²) >= 11 is 0. The molecule has 1 fully saturated rings. The summed E-state index contributed by atoms with van der Waals surface area (Å²) in [5.41, 5.74) is 2.26. The van der Waals surface area contributed by atoms with E-state index in [2.05, 4.69) is 57.8 Å². The van der Waals surface area contributed by atoms with E-state index in [1.165, 1.54) is 5.56 Å². The molecule has 2 aromatic carbocycles. The fourth-order valence-corrected chi connectivity index (χ4v) is 4.05. The number of nitrogens with one attached hydrogen (secondary N) is 2. The summed E-state index contributed by atoms with van der Waals surface area (Å²) in [5, 5.41) is 6.97. The van der Waals surface area contributed by atoms with Crippen molar-refractivity contribution in [1.82, 2.24) is 15.5 Å². The van der Waals surface area contributed by atoms with E-state index in [0.717, 1.165) is 31.0 Å². The number of hydrogen-bond donors (Lipinski definition) is 2. The van der Waals surface area contributed by atoms with Gasteiger partial charge in [-0.05, 0) is 18.9 Å². The molecule has 2 unspecified atom stereocenters. The van der Waals surface area contributed by atoms with Gasteiger partial charge in [-0.3, -0.25) is 9.89 Å². The van der Waals surface area contributed by atoms with Gasteiger partial charge in [0.1, 0.15) is 17.2 Å². The average molecular weight is 427 g/mol. The summed E-state index contributed by atoms with van der Waals surface area (Å²) in [4.78, 5) is 6.92. The molecule has 0 amide bonds. The van der Waals surface area contributed by atoms with Crippen molar-refractivity contribution in [2.75, 3.05) is 34.9 Å². The second-order valence-electron chi connectivity index (χ2n) is 7.78. The van der Waals surface area contributed by atoms with Crippen LogP contribution in [0.15, 0.2) is 47.5 Å². The second-order valence-corrected chi connectivity index (χ2v) is 7.78. The van der Waals surface area contributed by atoms with Crippen LogP contribution < -0.4 is 24.8 Å². The molecular weight excluding hydrogens is 392 g/mol. The minimum absolute atomic E-state index is 0.338. The number of hydrogen-bond acceptors (Lipinski definition) is 5. The van der Waals surface area contributed by atoms with Gasteiger partial charge in [0.15, 0.2) is 5.96 Å². The third-order valence-corrected chi connectivity index (χ3v) is 5.75. The van der Waals surface area contributed by atoms with Gasteiger partial charge >= 0.3 is 0 Å². The van der Waals surface area contributed by atoms with Crippen LogP contribution in [-0.4, -0.2) is 57.9 Å². The highest BCUT2D eigenvalue weighted by atomic mass is 16.5. The van der Waals surface area contributed by atoms with Crippen LogP contribution in [0, 0.1) is 0 Å². The fraction of sp³-hybridized carbons (Fsp3) is 0.458. The van der Waals surface area contributed by atoms with Gasteiger partial charge in [-0.2, -0.15) is 0 Å². The van der Waals surface area contributed by atoms with E-state index >= 15 is 0 Å². The zero-order valence-corrected chi connectivity index (χ0v) is 19.1. The van der Waals surface area contributed by atoms with Crippen molar-refractivity contribution in [2.24, 2.45) is 4.99 Å². The van der Waals surface area contributed by atoms with Crippen LogP contribution >= 0.6 is 0 Å². The average Bonchev–Trinajstić information content (AvgIpc) is 3.14. The van der Waals surface area contributed by atoms with E-state index in [0.29, 0.717) is 35.9 Å². The first-order chi connectivity index (χ1) is 15.1.